The van der Waals surface area contributed by atoms with Gasteiger partial charge in [-0.25, -0.2) is 0 Å². The minimum atomic E-state index is 0.608. The third-order valence-electron chi connectivity index (χ3n) is 2.38. The van der Waals surface area contributed by atoms with Crippen molar-refractivity contribution in [3.05, 3.63) is 44.1 Å². The highest BCUT2D eigenvalue weighted by Crippen LogP contribution is 2.26. The summed E-state index contributed by atoms with van der Waals surface area (Å²) in [6.07, 6.45) is 0.726. The summed E-state index contributed by atoms with van der Waals surface area (Å²) in [5.74, 6) is 0.664. The van der Waals surface area contributed by atoms with Crippen molar-refractivity contribution in [2.24, 2.45) is 0 Å². The number of nitrogens with zero attached hydrogens (tertiary/aromatic N) is 1. The van der Waals surface area contributed by atoms with Crippen molar-refractivity contribution in [1.82, 2.24) is 10.2 Å². The lowest BCUT2D eigenvalue weighted by Crippen LogP contribution is -1.97. The molecule has 2 rings (SSSR count). The molecule has 5 heteroatoms. The first-order chi connectivity index (χ1) is 8.22. The molecule has 0 unspecified atom stereocenters. The van der Waals surface area contributed by atoms with Gasteiger partial charge in [0.2, 0.25) is 5.88 Å². The van der Waals surface area contributed by atoms with Crippen LogP contribution in [0.4, 0.5) is 0 Å². The van der Waals surface area contributed by atoms with Gasteiger partial charge in [-0.3, -0.25) is 5.10 Å². The third kappa shape index (κ3) is 2.93. The summed E-state index contributed by atoms with van der Waals surface area (Å²) in [6.45, 7) is 2.55. The lowest BCUT2D eigenvalue weighted by atomic mass is 10.1. The van der Waals surface area contributed by atoms with Crippen LogP contribution in [0, 0.1) is 3.70 Å². The largest absolute Gasteiger partial charge is 0.477 e. The van der Waals surface area contributed by atoms with Gasteiger partial charge in [0.15, 0.2) is 0 Å². The van der Waals surface area contributed by atoms with Crippen LogP contribution in [0.1, 0.15) is 18.1 Å². The average Bonchev–Trinajstić information content (AvgIpc) is 2.65. The molecule has 0 aliphatic carbocycles. The maximum Gasteiger partial charge on any atom is 0.237 e. The second-order valence-electron chi connectivity index (χ2n) is 3.52. The van der Waals surface area contributed by atoms with Crippen LogP contribution >= 0.6 is 34.2 Å². The summed E-state index contributed by atoms with van der Waals surface area (Å²) in [7, 11) is 0. The van der Waals surface area contributed by atoms with Gasteiger partial charge >= 0.3 is 0 Å². The number of hydrogen-bond donors (Lipinski definition) is 1. The van der Waals surface area contributed by atoms with Gasteiger partial charge < -0.3 is 4.74 Å². The molecule has 0 atom stereocenters. The van der Waals surface area contributed by atoms with Crippen LogP contribution < -0.4 is 4.74 Å². The Labute approximate surface area is 119 Å². The smallest absolute Gasteiger partial charge is 0.237 e. The van der Waals surface area contributed by atoms with Gasteiger partial charge in [-0.2, -0.15) is 0 Å². The van der Waals surface area contributed by atoms with E-state index in [4.69, 9.17) is 16.3 Å². The first-order valence-corrected chi connectivity index (χ1v) is 6.77. The summed E-state index contributed by atoms with van der Waals surface area (Å²) in [6, 6.07) is 7.81. The van der Waals surface area contributed by atoms with Crippen molar-refractivity contribution in [2.45, 2.75) is 13.3 Å². The van der Waals surface area contributed by atoms with Crippen molar-refractivity contribution < 1.29 is 4.74 Å². The molecule has 0 saturated carbocycles. The van der Waals surface area contributed by atoms with Crippen LogP contribution in [0.5, 0.6) is 5.88 Å². The minimum Gasteiger partial charge on any atom is -0.477 e. The molecule has 1 N–H and O–H groups in total. The van der Waals surface area contributed by atoms with Gasteiger partial charge in [0.05, 0.1) is 12.2 Å². The zero-order valence-corrected chi connectivity index (χ0v) is 12.2. The Balaban J connectivity index is 2.29. The van der Waals surface area contributed by atoms with Crippen LogP contribution in [-0.2, 0) is 6.42 Å². The fourth-order valence-corrected chi connectivity index (χ4v) is 2.31. The van der Waals surface area contributed by atoms with E-state index in [0.29, 0.717) is 12.5 Å². The van der Waals surface area contributed by atoms with E-state index in [1.54, 1.807) is 0 Å². The number of nitrogens with one attached hydrogen (secondary N) is 1. The zero-order valence-electron chi connectivity index (χ0n) is 9.34. The molecule has 0 amide bonds. The molecule has 0 fully saturated rings. The summed E-state index contributed by atoms with van der Waals surface area (Å²) >= 11 is 8.37. The van der Waals surface area contributed by atoms with Crippen LogP contribution in [0.25, 0.3) is 0 Å². The molecule has 3 nitrogen and oxygen atoms in total. The molecular formula is C12H12ClIN2O. The van der Waals surface area contributed by atoms with E-state index in [-0.39, 0.29) is 0 Å². The zero-order chi connectivity index (χ0) is 12.3. The molecule has 0 saturated heterocycles. The summed E-state index contributed by atoms with van der Waals surface area (Å²) in [4.78, 5) is 0. The molecule has 0 bridgehead atoms. The summed E-state index contributed by atoms with van der Waals surface area (Å²) in [5, 5.41) is 7.83. The Hall–Kier alpha value is -0.750. The highest BCUT2D eigenvalue weighted by Gasteiger charge is 2.14. The Bertz CT molecular complexity index is 513. The molecule has 2 aromatic rings. The van der Waals surface area contributed by atoms with E-state index in [2.05, 4.69) is 32.8 Å². The van der Waals surface area contributed by atoms with Crippen molar-refractivity contribution in [3.63, 3.8) is 0 Å². The Morgan fingerprint density at radius 2 is 2.18 bits per heavy atom. The summed E-state index contributed by atoms with van der Waals surface area (Å²) in [5.41, 5.74) is 2.13. The Morgan fingerprint density at radius 3 is 2.88 bits per heavy atom. The van der Waals surface area contributed by atoms with Crippen LogP contribution in [0.2, 0.25) is 5.02 Å². The topological polar surface area (TPSA) is 37.9 Å². The van der Waals surface area contributed by atoms with E-state index in [1.807, 2.05) is 31.2 Å². The first kappa shape index (κ1) is 12.7. The number of aromatic nitrogens is 2. The predicted molar refractivity (Wildman–Crippen MR) is 76.7 cm³/mol. The normalized spacial score (nSPS) is 10.5. The van der Waals surface area contributed by atoms with E-state index >= 15 is 0 Å². The van der Waals surface area contributed by atoms with E-state index in [9.17, 15) is 0 Å². The molecule has 90 valence electrons. The maximum atomic E-state index is 6.15. The van der Waals surface area contributed by atoms with Crippen molar-refractivity contribution >= 4 is 34.2 Å². The molecule has 17 heavy (non-hydrogen) atoms. The SMILES string of the molecule is CCOc1n[nH]c(I)c1Cc1ccccc1Cl. The molecule has 1 heterocycles. The lowest BCUT2D eigenvalue weighted by Gasteiger charge is -2.05. The van der Waals surface area contributed by atoms with E-state index in [1.165, 1.54) is 0 Å². The summed E-state index contributed by atoms with van der Waals surface area (Å²) < 4.78 is 6.47. The molecule has 1 aromatic carbocycles. The second kappa shape index (κ2) is 5.73. The minimum absolute atomic E-state index is 0.608. The van der Waals surface area contributed by atoms with Crippen molar-refractivity contribution in [3.8, 4) is 5.88 Å². The Morgan fingerprint density at radius 1 is 1.41 bits per heavy atom. The molecule has 0 aliphatic heterocycles. The quantitative estimate of drug-likeness (QED) is 0.843. The molecule has 0 spiro atoms. The highest BCUT2D eigenvalue weighted by molar-refractivity contribution is 14.1. The molecule has 0 radical (unpaired) electrons. The van der Waals surface area contributed by atoms with Gasteiger partial charge in [-0.1, -0.05) is 29.8 Å². The van der Waals surface area contributed by atoms with Crippen LogP contribution in [0.3, 0.4) is 0 Å². The van der Waals surface area contributed by atoms with Crippen molar-refractivity contribution in [2.75, 3.05) is 6.61 Å². The number of benzene rings is 1. The first-order valence-electron chi connectivity index (χ1n) is 5.31. The highest BCUT2D eigenvalue weighted by atomic mass is 127. The van der Waals surface area contributed by atoms with Gasteiger partial charge in [0, 0.05) is 11.4 Å². The third-order valence-corrected chi connectivity index (χ3v) is 3.65. The number of halogens is 2. The van der Waals surface area contributed by atoms with Gasteiger partial charge in [-0.15, -0.1) is 5.10 Å². The van der Waals surface area contributed by atoms with Gasteiger partial charge in [-0.05, 0) is 41.1 Å². The molecule has 1 aromatic heterocycles. The number of rotatable bonds is 4. The van der Waals surface area contributed by atoms with Crippen molar-refractivity contribution in [1.29, 1.82) is 0 Å². The molecule has 0 aliphatic rings. The van der Waals surface area contributed by atoms with Crippen LogP contribution in [0.15, 0.2) is 24.3 Å². The van der Waals surface area contributed by atoms with E-state index in [0.717, 1.165) is 26.3 Å². The maximum absolute atomic E-state index is 6.15. The van der Waals surface area contributed by atoms with Crippen LogP contribution in [-0.4, -0.2) is 16.8 Å². The molecular weight excluding hydrogens is 351 g/mol. The Kier molecular flexibility index (Phi) is 4.28. The number of H-pyrrole nitrogens is 1. The predicted octanol–water partition coefficient (Wildman–Crippen LogP) is 3.66. The van der Waals surface area contributed by atoms with E-state index < -0.39 is 0 Å². The number of hydrogen-bond acceptors (Lipinski definition) is 2. The fraction of sp³-hybridized carbons (Fsp3) is 0.250. The lowest BCUT2D eigenvalue weighted by molar-refractivity contribution is 0.323. The number of aromatic amines is 1. The standard InChI is InChI=1S/C12H12ClIN2O/c1-2-17-12-9(11(14)15-16-12)7-8-5-3-4-6-10(8)13/h3-6H,2,7H2,1H3,(H,15,16). The van der Waals surface area contributed by atoms with Gasteiger partial charge in [0.25, 0.3) is 0 Å². The fourth-order valence-electron chi connectivity index (χ4n) is 1.57. The average molecular weight is 363 g/mol. The second-order valence-corrected chi connectivity index (χ2v) is 5.01. The number of ether oxygens (including phenoxy) is 1. The van der Waals surface area contributed by atoms with Gasteiger partial charge in [0.1, 0.15) is 3.70 Å². The monoisotopic (exact) mass is 362 g/mol.